The van der Waals surface area contributed by atoms with E-state index in [0.717, 1.165) is 16.9 Å². The summed E-state index contributed by atoms with van der Waals surface area (Å²) in [7, 11) is 0. The number of carboxylic acids is 1. The smallest absolute Gasteiger partial charge is 0.335 e. The molecule has 0 spiro atoms. The Morgan fingerprint density at radius 2 is 2.00 bits per heavy atom. The van der Waals surface area contributed by atoms with Crippen molar-refractivity contribution in [2.75, 3.05) is 0 Å². The van der Waals surface area contributed by atoms with Gasteiger partial charge in [-0.2, -0.15) is 0 Å². The normalized spacial score (nSPS) is 11.3. The van der Waals surface area contributed by atoms with Crippen LogP contribution >= 0.6 is 0 Å². The molecule has 0 saturated heterocycles. The third-order valence-corrected chi connectivity index (χ3v) is 2.77. The molecule has 0 atom stereocenters. The van der Waals surface area contributed by atoms with Gasteiger partial charge in [0, 0.05) is 5.56 Å². The van der Waals surface area contributed by atoms with Crippen molar-refractivity contribution in [1.29, 1.82) is 0 Å². The fraction of sp³-hybridized carbons (Fsp3) is 0.0625. The maximum atomic E-state index is 10.9. The van der Waals surface area contributed by atoms with E-state index >= 15 is 0 Å². The number of benzene rings is 1. The molecule has 3 heteroatoms. The zero-order chi connectivity index (χ0) is 13.8. The minimum absolute atomic E-state index is 0.108. The highest BCUT2D eigenvalue weighted by molar-refractivity contribution is 5.95. The molecule has 2 aromatic rings. The van der Waals surface area contributed by atoms with E-state index in [1.165, 1.54) is 12.2 Å². The second-order valence-corrected chi connectivity index (χ2v) is 4.13. The maximum Gasteiger partial charge on any atom is 0.335 e. The Bertz CT molecular complexity index is 633. The van der Waals surface area contributed by atoms with E-state index in [1.807, 2.05) is 43.3 Å². The van der Waals surface area contributed by atoms with E-state index < -0.39 is 5.97 Å². The molecule has 0 radical (unpaired) electrons. The molecule has 96 valence electrons. The SMILES string of the molecule is C=C/C(=C\c1oc(-c2ccccc2)cc1C)C(=O)O. The summed E-state index contributed by atoms with van der Waals surface area (Å²) in [6.07, 6.45) is 2.78. The molecule has 1 heterocycles. The van der Waals surface area contributed by atoms with Crippen LogP contribution in [-0.2, 0) is 4.79 Å². The summed E-state index contributed by atoms with van der Waals surface area (Å²) in [5, 5.41) is 8.97. The molecule has 1 N–H and O–H groups in total. The highest BCUT2D eigenvalue weighted by Gasteiger charge is 2.10. The Labute approximate surface area is 111 Å². The average molecular weight is 254 g/mol. The summed E-state index contributed by atoms with van der Waals surface area (Å²) in [5.41, 5.74) is 1.96. The Morgan fingerprint density at radius 3 is 2.58 bits per heavy atom. The van der Waals surface area contributed by atoms with Crippen LogP contribution in [0.25, 0.3) is 17.4 Å². The van der Waals surface area contributed by atoms with Crippen molar-refractivity contribution in [3.8, 4) is 11.3 Å². The number of aryl methyl sites for hydroxylation is 1. The number of furan rings is 1. The fourth-order valence-corrected chi connectivity index (χ4v) is 1.73. The van der Waals surface area contributed by atoms with E-state index in [9.17, 15) is 4.79 Å². The third-order valence-electron chi connectivity index (χ3n) is 2.77. The molecule has 2 rings (SSSR count). The molecule has 0 saturated carbocycles. The highest BCUT2D eigenvalue weighted by Crippen LogP contribution is 2.26. The van der Waals surface area contributed by atoms with Gasteiger partial charge >= 0.3 is 5.97 Å². The van der Waals surface area contributed by atoms with E-state index in [4.69, 9.17) is 9.52 Å². The van der Waals surface area contributed by atoms with Crippen molar-refractivity contribution in [3.05, 3.63) is 65.9 Å². The summed E-state index contributed by atoms with van der Waals surface area (Å²) < 4.78 is 5.70. The van der Waals surface area contributed by atoms with Crippen molar-refractivity contribution >= 4 is 12.0 Å². The van der Waals surface area contributed by atoms with Gasteiger partial charge in [-0.05, 0) is 24.6 Å². The quantitative estimate of drug-likeness (QED) is 0.664. The first-order valence-electron chi connectivity index (χ1n) is 5.85. The lowest BCUT2D eigenvalue weighted by molar-refractivity contribution is -0.132. The molecule has 0 aliphatic heterocycles. The lowest BCUT2D eigenvalue weighted by Crippen LogP contribution is -1.96. The second-order valence-electron chi connectivity index (χ2n) is 4.13. The molecule has 1 aromatic carbocycles. The molecule has 0 aliphatic carbocycles. The molecule has 0 fully saturated rings. The standard InChI is InChI=1S/C16H14O3/c1-3-12(16(17)18)10-14-11(2)9-15(19-14)13-7-5-4-6-8-13/h3-10H,1H2,2H3,(H,17,18)/b12-10+. The van der Waals surface area contributed by atoms with Crippen LogP contribution in [0.2, 0.25) is 0 Å². The van der Waals surface area contributed by atoms with Gasteiger partial charge < -0.3 is 9.52 Å². The lowest BCUT2D eigenvalue weighted by Gasteiger charge is -1.96. The zero-order valence-electron chi connectivity index (χ0n) is 10.6. The van der Waals surface area contributed by atoms with Crippen molar-refractivity contribution in [2.45, 2.75) is 6.92 Å². The summed E-state index contributed by atoms with van der Waals surface area (Å²) in [6, 6.07) is 11.6. The number of rotatable bonds is 4. The first-order chi connectivity index (χ1) is 9.11. The molecule has 0 bridgehead atoms. The second kappa shape index (κ2) is 5.40. The Hall–Kier alpha value is -2.55. The lowest BCUT2D eigenvalue weighted by atomic mass is 10.1. The molecule has 19 heavy (non-hydrogen) atoms. The van der Waals surface area contributed by atoms with E-state index in [-0.39, 0.29) is 5.57 Å². The van der Waals surface area contributed by atoms with E-state index in [0.29, 0.717) is 5.76 Å². The molecule has 0 aliphatic rings. The van der Waals surface area contributed by atoms with Gasteiger partial charge in [0.2, 0.25) is 0 Å². The number of carboxylic acid groups (broad SMARTS) is 1. The molecule has 0 unspecified atom stereocenters. The minimum atomic E-state index is -1.02. The Morgan fingerprint density at radius 1 is 1.32 bits per heavy atom. The molecule has 3 nitrogen and oxygen atoms in total. The van der Waals surface area contributed by atoms with Crippen molar-refractivity contribution in [3.63, 3.8) is 0 Å². The summed E-state index contributed by atoms with van der Waals surface area (Å²) in [6.45, 7) is 5.36. The molecule has 0 amide bonds. The van der Waals surface area contributed by atoms with Gasteiger partial charge in [-0.15, -0.1) is 0 Å². The van der Waals surface area contributed by atoms with Gasteiger partial charge in [-0.3, -0.25) is 0 Å². The van der Waals surface area contributed by atoms with Gasteiger partial charge in [0.15, 0.2) is 0 Å². The zero-order valence-corrected chi connectivity index (χ0v) is 10.6. The summed E-state index contributed by atoms with van der Waals surface area (Å²) in [4.78, 5) is 10.9. The first kappa shape index (κ1) is 12.9. The number of hydrogen-bond donors (Lipinski definition) is 1. The van der Waals surface area contributed by atoms with Crippen LogP contribution in [0.1, 0.15) is 11.3 Å². The van der Waals surface area contributed by atoms with Crippen LogP contribution in [0.3, 0.4) is 0 Å². The van der Waals surface area contributed by atoms with Crippen LogP contribution in [0.4, 0.5) is 0 Å². The van der Waals surface area contributed by atoms with E-state index in [2.05, 4.69) is 6.58 Å². The monoisotopic (exact) mass is 254 g/mol. The number of hydrogen-bond acceptors (Lipinski definition) is 2. The van der Waals surface area contributed by atoms with Crippen LogP contribution in [0.5, 0.6) is 0 Å². The van der Waals surface area contributed by atoms with Crippen molar-refractivity contribution in [2.24, 2.45) is 0 Å². The summed E-state index contributed by atoms with van der Waals surface area (Å²) >= 11 is 0. The number of aliphatic carboxylic acids is 1. The largest absolute Gasteiger partial charge is 0.478 e. The Kier molecular flexibility index (Phi) is 3.66. The van der Waals surface area contributed by atoms with Crippen LogP contribution < -0.4 is 0 Å². The van der Waals surface area contributed by atoms with Crippen molar-refractivity contribution < 1.29 is 14.3 Å². The summed E-state index contributed by atoms with van der Waals surface area (Å²) in [5.74, 6) is 0.237. The highest BCUT2D eigenvalue weighted by atomic mass is 16.4. The molecular weight excluding hydrogens is 240 g/mol. The van der Waals surface area contributed by atoms with E-state index in [1.54, 1.807) is 0 Å². The van der Waals surface area contributed by atoms with Gasteiger partial charge in [-0.1, -0.05) is 43.0 Å². The minimum Gasteiger partial charge on any atom is -0.478 e. The Balaban J connectivity index is 2.43. The fourth-order valence-electron chi connectivity index (χ4n) is 1.73. The predicted octanol–water partition coefficient (Wildman–Crippen LogP) is 3.91. The topological polar surface area (TPSA) is 50.4 Å². The first-order valence-corrected chi connectivity index (χ1v) is 5.85. The predicted molar refractivity (Wildman–Crippen MR) is 74.7 cm³/mol. The number of carbonyl (C=O) groups is 1. The van der Waals surface area contributed by atoms with Crippen LogP contribution in [0.15, 0.2) is 59.0 Å². The van der Waals surface area contributed by atoms with Gasteiger partial charge in [0.05, 0.1) is 5.57 Å². The van der Waals surface area contributed by atoms with Gasteiger partial charge in [0.1, 0.15) is 11.5 Å². The molecular formula is C16H14O3. The van der Waals surface area contributed by atoms with Crippen LogP contribution in [-0.4, -0.2) is 11.1 Å². The maximum absolute atomic E-state index is 10.9. The van der Waals surface area contributed by atoms with Gasteiger partial charge in [-0.25, -0.2) is 4.79 Å². The van der Waals surface area contributed by atoms with Gasteiger partial charge in [0.25, 0.3) is 0 Å². The van der Waals surface area contributed by atoms with Crippen LogP contribution in [0, 0.1) is 6.92 Å². The molecule has 1 aromatic heterocycles. The van der Waals surface area contributed by atoms with Crippen molar-refractivity contribution in [1.82, 2.24) is 0 Å². The average Bonchev–Trinajstić information content (AvgIpc) is 2.78. The third kappa shape index (κ3) is 2.83.